The van der Waals surface area contributed by atoms with Crippen molar-refractivity contribution in [1.82, 2.24) is 19.7 Å². The van der Waals surface area contributed by atoms with E-state index in [0.717, 1.165) is 5.69 Å². The van der Waals surface area contributed by atoms with Gasteiger partial charge in [0.2, 0.25) is 5.91 Å². The number of amides is 1. The number of nitrogens with one attached hydrogen (secondary N) is 1. The maximum absolute atomic E-state index is 12.4. The number of benzene rings is 2. The molecule has 1 aliphatic rings. The molecule has 0 saturated carbocycles. The summed E-state index contributed by atoms with van der Waals surface area (Å²) in [5, 5.41) is 6.82. The smallest absolute Gasteiger partial charge is 0.285 e. The van der Waals surface area contributed by atoms with Gasteiger partial charge in [0.15, 0.2) is 5.84 Å². The van der Waals surface area contributed by atoms with Gasteiger partial charge in [0.05, 0.1) is 12.2 Å². The normalized spacial score (nSPS) is 14.2. The largest absolute Gasteiger partial charge is 0.349 e. The first-order valence-electron chi connectivity index (χ1n) is 8.34. The molecule has 0 fully saturated rings. The van der Waals surface area contributed by atoms with Gasteiger partial charge in [0.25, 0.3) is 10.0 Å². The Kier molecular flexibility index (Phi) is 4.40. The molecule has 0 saturated heterocycles. The zero-order valence-corrected chi connectivity index (χ0v) is 15.7. The highest BCUT2D eigenvalue weighted by atomic mass is 32.2. The summed E-state index contributed by atoms with van der Waals surface area (Å²) in [6.07, 6.45) is 3.02. The first-order chi connectivity index (χ1) is 13.4. The van der Waals surface area contributed by atoms with Crippen molar-refractivity contribution in [3.8, 4) is 5.69 Å². The molecule has 1 N–H and O–H groups in total. The zero-order chi connectivity index (χ0) is 19.7. The second-order valence-electron chi connectivity index (χ2n) is 6.18. The van der Waals surface area contributed by atoms with Gasteiger partial charge in [-0.1, -0.05) is 12.1 Å². The van der Waals surface area contributed by atoms with E-state index in [4.69, 9.17) is 0 Å². The highest BCUT2D eigenvalue weighted by Crippen LogP contribution is 2.26. The number of hydrogen-bond acceptors (Lipinski definition) is 6. The molecular formula is C18H16N6O3S. The Bertz CT molecular complexity index is 1150. The topological polar surface area (TPSA) is 110 Å². The molecule has 9 nitrogen and oxygen atoms in total. The van der Waals surface area contributed by atoms with Gasteiger partial charge in [-0.15, -0.1) is 4.40 Å². The average molecular weight is 396 g/mol. The second-order valence-corrected chi connectivity index (χ2v) is 7.75. The maximum Gasteiger partial charge on any atom is 0.285 e. The van der Waals surface area contributed by atoms with E-state index in [-0.39, 0.29) is 23.2 Å². The second kappa shape index (κ2) is 6.89. The van der Waals surface area contributed by atoms with Crippen LogP contribution >= 0.6 is 0 Å². The van der Waals surface area contributed by atoms with Crippen LogP contribution in [-0.4, -0.2) is 53.4 Å². The van der Waals surface area contributed by atoms with Crippen LogP contribution in [0.15, 0.2) is 70.5 Å². The molecule has 0 atom stereocenters. The maximum atomic E-state index is 12.4. The Morgan fingerprint density at radius 3 is 2.61 bits per heavy atom. The fraction of sp³-hybridized carbons (Fsp3) is 0.111. The number of hydrogen-bond donors (Lipinski definition) is 1. The standard InChI is InChI=1S/C18H16N6O3S/c1-23(18-15-4-2-3-5-16(15)28(26,27)22-18)10-17(25)21-13-6-8-14(9-7-13)24-12-19-11-20-24/h2-9,11-12H,10H2,1H3,(H,21,25). The van der Waals surface area contributed by atoms with Crippen LogP contribution < -0.4 is 5.32 Å². The summed E-state index contributed by atoms with van der Waals surface area (Å²) in [7, 11) is -2.09. The molecule has 3 aromatic rings. The summed E-state index contributed by atoms with van der Waals surface area (Å²) >= 11 is 0. The molecule has 4 rings (SSSR count). The minimum absolute atomic E-state index is 0.0481. The number of likely N-dealkylation sites (N-methyl/N-ethyl adjacent to an activating group) is 1. The van der Waals surface area contributed by atoms with Gasteiger partial charge >= 0.3 is 0 Å². The lowest BCUT2D eigenvalue weighted by atomic mass is 10.2. The van der Waals surface area contributed by atoms with Crippen molar-refractivity contribution >= 4 is 27.5 Å². The van der Waals surface area contributed by atoms with Crippen molar-refractivity contribution < 1.29 is 13.2 Å². The monoisotopic (exact) mass is 396 g/mol. The zero-order valence-electron chi connectivity index (χ0n) is 14.8. The number of amidine groups is 1. The first-order valence-corrected chi connectivity index (χ1v) is 9.78. The van der Waals surface area contributed by atoms with Crippen molar-refractivity contribution in [1.29, 1.82) is 0 Å². The van der Waals surface area contributed by atoms with Crippen molar-refractivity contribution in [3.05, 3.63) is 66.7 Å². The molecule has 1 aliphatic heterocycles. The molecular weight excluding hydrogens is 380 g/mol. The molecule has 142 valence electrons. The summed E-state index contributed by atoms with van der Waals surface area (Å²) in [6, 6.07) is 13.7. The fourth-order valence-electron chi connectivity index (χ4n) is 2.89. The van der Waals surface area contributed by atoms with Crippen LogP contribution in [0.2, 0.25) is 0 Å². The van der Waals surface area contributed by atoms with E-state index >= 15 is 0 Å². The van der Waals surface area contributed by atoms with E-state index in [1.165, 1.54) is 17.3 Å². The lowest BCUT2D eigenvalue weighted by Crippen LogP contribution is -2.34. The lowest BCUT2D eigenvalue weighted by molar-refractivity contribution is -0.116. The van der Waals surface area contributed by atoms with Gasteiger partial charge in [-0.2, -0.15) is 13.5 Å². The fourth-order valence-corrected chi connectivity index (χ4v) is 4.15. The van der Waals surface area contributed by atoms with Crippen LogP contribution in [0.4, 0.5) is 5.69 Å². The van der Waals surface area contributed by atoms with Gasteiger partial charge < -0.3 is 10.2 Å². The quantitative estimate of drug-likeness (QED) is 0.712. The highest BCUT2D eigenvalue weighted by Gasteiger charge is 2.30. The molecule has 1 amide bonds. The lowest BCUT2D eigenvalue weighted by Gasteiger charge is -2.18. The van der Waals surface area contributed by atoms with Gasteiger partial charge in [-0.3, -0.25) is 4.79 Å². The third-order valence-corrected chi connectivity index (χ3v) is 5.51. The number of fused-ring (bicyclic) bond motifs is 1. The molecule has 10 heteroatoms. The van der Waals surface area contributed by atoms with Crippen LogP contribution in [0.25, 0.3) is 5.69 Å². The van der Waals surface area contributed by atoms with Gasteiger partial charge in [0.1, 0.15) is 17.6 Å². The van der Waals surface area contributed by atoms with Crippen LogP contribution in [0, 0.1) is 0 Å². The number of carbonyl (C=O) groups excluding carboxylic acids is 1. The van der Waals surface area contributed by atoms with Crippen LogP contribution in [-0.2, 0) is 14.8 Å². The van der Waals surface area contributed by atoms with Crippen molar-refractivity contribution in [2.24, 2.45) is 4.40 Å². The Morgan fingerprint density at radius 2 is 1.89 bits per heavy atom. The number of rotatable bonds is 4. The summed E-state index contributed by atoms with van der Waals surface area (Å²) in [5.41, 5.74) is 1.92. The molecule has 28 heavy (non-hydrogen) atoms. The molecule has 0 bridgehead atoms. The van der Waals surface area contributed by atoms with Crippen molar-refractivity contribution in [2.75, 3.05) is 18.9 Å². The van der Waals surface area contributed by atoms with Crippen LogP contribution in [0.5, 0.6) is 0 Å². The Balaban J connectivity index is 1.44. The van der Waals surface area contributed by atoms with E-state index in [1.807, 2.05) is 0 Å². The van der Waals surface area contributed by atoms with E-state index in [1.54, 1.807) is 60.5 Å². The Hall–Kier alpha value is -3.53. The van der Waals surface area contributed by atoms with E-state index in [0.29, 0.717) is 11.3 Å². The van der Waals surface area contributed by atoms with Crippen molar-refractivity contribution in [2.45, 2.75) is 4.90 Å². The van der Waals surface area contributed by atoms with Gasteiger partial charge in [-0.25, -0.2) is 9.67 Å². The molecule has 1 aromatic heterocycles. The minimum Gasteiger partial charge on any atom is -0.349 e. The summed E-state index contributed by atoms with van der Waals surface area (Å²) < 4.78 is 29.7. The number of carbonyl (C=O) groups is 1. The Labute approximate surface area is 161 Å². The minimum atomic E-state index is -3.72. The van der Waals surface area contributed by atoms with E-state index in [2.05, 4.69) is 19.8 Å². The highest BCUT2D eigenvalue weighted by molar-refractivity contribution is 7.90. The summed E-state index contributed by atoms with van der Waals surface area (Å²) in [4.78, 5) is 17.9. The number of anilines is 1. The average Bonchev–Trinajstić information content (AvgIpc) is 3.29. The summed E-state index contributed by atoms with van der Waals surface area (Å²) in [5.74, 6) is -0.0345. The molecule has 0 aliphatic carbocycles. The predicted molar refractivity (Wildman–Crippen MR) is 103 cm³/mol. The molecule has 0 spiro atoms. The number of sulfonamides is 1. The van der Waals surface area contributed by atoms with E-state index < -0.39 is 10.0 Å². The van der Waals surface area contributed by atoms with Gasteiger partial charge in [-0.05, 0) is 36.4 Å². The van der Waals surface area contributed by atoms with Crippen molar-refractivity contribution in [3.63, 3.8) is 0 Å². The molecule has 2 aromatic carbocycles. The molecule has 2 heterocycles. The Morgan fingerprint density at radius 1 is 1.14 bits per heavy atom. The van der Waals surface area contributed by atoms with Crippen LogP contribution in [0.1, 0.15) is 5.56 Å². The SMILES string of the molecule is CN(CC(=O)Nc1ccc(-n2cncn2)cc1)C1=NS(=O)(=O)c2ccccc21. The van der Waals surface area contributed by atoms with E-state index in [9.17, 15) is 13.2 Å². The summed E-state index contributed by atoms with van der Waals surface area (Å²) in [6.45, 7) is -0.0481. The third kappa shape index (κ3) is 3.37. The third-order valence-electron chi connectivity index (χ3n) is 4.19. The first kappa shape index (κ1) is 17.9. The van der Waals surface area contributed by atoms with Gasteiger partial charge in [0, 0.05) is 18.3 Å². The number of aromatic nitrogens is 3. The molecule has 0 unspecified atom stereocenters. The number of nitrogens with zero attached hydrogens (tertiary/aromatic N) is 5. The molecule has 0 radical (unpaired) electrons. The predicted octanol–water partition coefficient (Wildman–Crippen LogP) is 1.29. The van der Waals surface area contributed by atoms with Crippen LogP contribution in [0.3, 0.4) is 0 Å².